The van der Waals surface area contributed by atoms with Crippen LogP contribution in [0.1, 0.15) is 41.9 Å². The zero-order chi connectivity index (χ0) is 12.9. The molecule has 0 heterocycles. The Balaban J connectivity index is 2.05. The number of carbonyl (C=O) groups is 2. The molecule has 18 heavy (non-hydrogen) atoms. The van der Waals surface area contributed by atoms with Gasteiger partial charge in [-0.3, -0.25) is 9.59 Å². The molecule has 0 bridgehead atoms. The van der Waals surface area contributed by atoms with Crippen LogP contribution in [0.3, 0.4) is 0 Å². The van der Waals surface area contributed by atoms with Gasteiger partial charge in [-0.2, -0.15) is 0 Å². The van der Waals surface area contributed by atoms with E-state index in [0.717, 1.165) is 36.0 Å². The first-order chi connectivity index (χ1) is 8.59. The van der Waals surface area contributed by atoms with Gasteiger partial charge in [-0.15, -0.1) is 0 Å². The molecule has 0 saturated heterocycles. The van der Waals surface area contributed by atoms with Crippen molar-refractivity contribution in [3.8, 4) is 0 Å². The Hall–Kier alpha value is -1.44. The van der Waals surface area contributed by atoms with E-state index >= 15 is 0 Å². The number of aryl methyl sites for hydroxylation is 2. The SMILES string of the molecule is Cc1ccc(C)c(C2C(=O)C3CCCC3C2=O)c1. The minimum Gasteiger partial charge on any atom is -0.298 e. The molecule has 94 valence electrons. The molecule has 2 nitrogen and oxygen atoms in total. The van der Waals surface area contributed by atoms with Gasteiger partial charge in [0.1, 0.15) is 5.92 Å². The first-order valence-corrected chi connectivity index (χ1v) is 6.74. The monoisotopic (exact) mass is 242 g/mol. The van der Waals surface area contributed by atoms with Gasteiger partial charge < -0.3 is 0 Å². The highest BCUT2D eigenvalue weighted by atomic mass is 16.2. The van der Waals surface area contributed by atoms with Crippen molar-refractivity contribution < 1.29 is 9.59 Å². The number of rotatable bonds is 1. The predicted octanol–water partition coefficient (Wildman–Crippen LogP) is 2.96. The topological polar surface area (TPSA) is 34.1 Å². The zero-order valence-electron chi connectivity index (χ0n) is 10.9. The lowest BCUT2D eigenvalue weighted by molar-refractivity contribution is -0.125. The third-order valence-electron chi connectivity index (χ3n) is 4.56. The molecule has 0 amide bonds. The van der Waals surface area contributed by atoms with E-state index in [1.165, 1.54) is 0 Å². The van der Waals surface area contributed by atoms with Gasteiger partial charge in [-0.05, 0) is 37.8 Å². The summed E-state index contributed by atoms with van der Waals surface area (Å²) in [5.74, 6) is -0.0857. The van der Waals surface area contributed by atoms with E-state index in [1.807, 2.05) is 32.0 Å². The van der Waals surface area contributed by atoms with Crippen molar-refractivity contribution in [2.75, 3.05) is 0 Å². The Kier molecular flexibility index (Phi) is 2.61. The molecule has 2 unspecified atom stereocenters. The van der Waals surface area contributed by atoms with Gasteiger partial charge >= 0.3 is 0 Å². The number of Topliss-reactive ketones (excluding diaryl/α,β-unsaturated/α-hetero) is 2. The van der Waals surface area contributed by atoms with Crippen LogP contribution in [-0.4, -0.2) is 11.6 Å². The second kappa shape index (κ2) is 4.04. The Morgan fingerprint density at radius 2 is 1.61 bits per heavy atom. The van der Waals surface area contributed by atoms with Crippen molar-refractivity contribution in [1.82, 2.24) is 0 Å². The molecule has 3 rings (SSSR count). The molecular weight excluding hydrogens is 224 g/mol. The molecule has 2 atom stereocenters. The van der Waals surface area contributed by atoms with Gasteiger partial charge in [0.15, 0.2) is 11.6 Å². The van der Waals surface area contributed by atoms with Crippen molar-refractivity contribution >= 4 is 11.6 Å². The zero-order valence-corrected chi connectivity index (χ0v) is 10.9. The number of benzene rings is 1. The summed E-state index contributed by atoms with van der Waals surface area (Å²) in [5.41, 5.74) is 3.12. The molecule has 0 aliphatic heterocycles. The summed E-state index contributed by atoms with van der Waals surface area (Å²) in [4.78, 5) is 24.9. The lowest BCUT2D eigenvalue weighted by Crippen LogP contribution is -2.17. The summed E-state index contributed by atoms with van der Waals surface area (Å²) in [6.45, 7) is 4.00. The highest BCUT2D eigenvalue weighted by molar-refractivity contribution is 6.16. The molecule has 0 N–H and O–H groups in total. The Morgan fingerprint density at radius 1 is 1.00 bits per heavy atom. The number of fused-ring (bicyclic) bond motifs is 1. The highest BCUT2D eigenvalue weighted by Crippen LogP contribution is 2.46. The lowest BCUT2D eigenvalue weighted by atomic mass is 9.88. The van der Waals surface area contributed by atoms with Crippen LogP contribution in [-0.2, 0) is 9.59 Å². The van der Waals surface area contributed by atoms with Crippen LogP contribution in [0, 0.1) is 25.7 Å². The van der Waals surface area contributed by atoms with Crippen LogP contribution in [0.4, 0.5) is 0 Å². The van der Waals surface area contributed by atoms with Crippen molar-refractivity contribution in [2.45, 2.75) is 39.0 Å². The number of hydrogen-bond acceptors (Lipinski definition) is 2. The van der Waals surface area contributed by atoms with Crippen molar-refractivity contribution in [3.05, 3.63) is 34.9 Å². The normalized spacial score (nSPS) is 30.9. The van der Waals surface area contributed by atoms with Gasteiger partial charge in [-0.25, -0.2) is 0 Å². The molecule has 0 radical (unpaired) electrons. The standard InChI is InChI=1S/C16H18O2/c1-9-6-7-10(2)13(8-9)14-15(17)11-4-3-5-12(11)16(14)18/h6-8,11-12,14H,3-5H2,1-2H3. The van der Waals surface area contributed by atoms with E-state index in [0.29, 0.717) is 0 Å². The van der Waals surface area contributed by atoms with Gasteiger partial charge in [0, 0.05) is 11.8 Å². The quantitative estimate of drug-likeness (QED) is 0.709. The van der Waals surface area contributed by atoms with E-state index in [9.17, 15) is 9.59 Å². The van der Waals surface area contributed by atoms with E-state index in [-0.39, 0.29) is 23.4 Å². The molecule has 2 saturated carbocycles. The Bertz CT molecular complexity index is 508. The molecule has 1 aromatic carbocycles. The minimum atomic E-state index is -0.472. The van der Waals surface area contributed by atoms with E-state index in [1.54, 1.807) is 0 Å². The molecule has 1 aromatic rings. The average Bonchev–Trinajstić information content (AvgIpc) is 2.89. The number of carbonyl (C=O) groups excluding carboxylic acids is 2. The molecule has 0 spiro atoms. The summed E-state index contributed by atoms with van der Waals surface area (Å²) >= 11 is 0. The maximum Gasteiger partial charge on any atom is 0.151 e. The molecule has 2 aliphatic rings. The largest absolute Gasteiger partial charge is 0.298 e. The van der Waals surface area contributed by atoms with Crippen molar-refractivity contribution in [3.63, 3.8) is 0 Å². The third-order valence-corrected chi connectivity index (χ3v) is 4.56. The van der Waals surface area contributed by atoms with E-state index < -0.39 is 5.92 Å². The van der Waals surface area contributed by atoms with Crippen LogP contribution in [0.2, 0.25) is 0 Å². The molecule has 0 aromatic heterocycles. The summed E-state index contributed by atoms with van der Waals surface area (Å²) in [6.07, 6.45) is 2.86. The van der Waals surface area contributed by atoms with Gasteiger partial charge in [-0.1, -0.05) is 30.2 Å². The number of hydrogen-bond donors (Lipinski definition) is 0. The summed E-state index contributed by atoms with van der Waals surface area (Å²) < 4.78 is 0. The first-order valence-electron chi connectivity index (χ1n) is 6.74. The second-order valence-electron chi connectivity index (χ2n) is 5.74. The maximum atomic E-state index is 12.4. The van der Waals surface area contributed by atoms with Crippen molar-refractivity contribution in [2.24, 2.45) is 11.8 Å². The molecule has 2 fully saturated rings. The highest BCUT2D eigenvalue weighted by Gasteiger charge is 2.51. The fourth-order valence-electron chi connectivity index (χ4n) is 3.59. The maximum absolute atomic E-state index is 12.4. The predicted molar refractivity (Wildman–Crippen MR) is 69.5 cm³/mol. The molecule has 2 aliphatic carbocycles. The average molecular weight is 242 g/mol. The van der Waals surface area contributed by atoms with Crippen LogP contribution >= 0.6 is 0 Å². The van der Waals surface area contributed by atoms with E-state index in [4.69, 9.17) is 0 Å². The second-order valence-corrected chi connectivity index (χ2v) is 5.74. The Labute approximate surface area is 107 Å². The Morgan fingerprint density at radius 3 is 2.22 bits per heavy atom. The minimum absolute atomic E-state index is 0.0161. The lowest BCUT2D eigenvalue weighted by Gasteiger charge is -2.13. The van der Waals surface area contributed by atoms with Gasteiger partial charge in [0.25, 0.3) is 0 Å². The van der Waals surface area contributed by atoms with Crippen LogP contribution in [0.5, 0.6) is 0 Å². The van der Waals surface area contributed by atoms with Crippen LogP contribution in [0.15, 0.2) is 18.2 Å². The summed E-state index contributed by atoms with van der Waals surface area (Å²) in [7, 11) is 0. The summed E-state index contributed by atoms with van der Waals surface area (Å²) in [6, 6.07) is 6.06. The summed E-state index contributed by atoms with van der Waals surface area (Å²) in [5, 5.41) is 0. The first kappa shape index (κ1) is 11.6. The third kappa shape index (κ3) is 1.55. The van der Waals surface area contributed by atoms with Crippen molar-refractivity contribution in [1.29, 1.82) is 0 Å². The molecular formula is C16H18O2. The molecule has 2 heteroatoms. The smallest absolute Gasteiger partial charge is 0.151 e. The van der Waals surface area contributed by atoms with Gasteiger partial charge in [0.2, 0.25) is 0 Å². The van der Waals surface area contributed by atoms with E-state index in [2.05, 4.69) is 0 Å². The number of ketones is 2. The fourth-order valence-corrected chi connectivity index (χ4v) is 3.59. The van der Waals surface area contributed by atoms with Crippen LogP contribution < -0.4 is 0 Å². The van der Waals surface area contributed by atoms with Crippen LogP contribution in [0.25, 0.3) is 0 Å². The van der Waals surface area contributed by atoms with Gasteiger partial charge in [0.05, 0.1) is 0 Å². The fraction of sp³-hybridized carbons (Fsp3) is 0.500.